The number of Topliss-reactive ketones (excluding diaryl/α,β-unsaturated/α-hetero) is 1. The number of benzene rings is 1. The monoisotopic (exact) mass is 230 g/mol. The molecule has 2 rings (SSSR count). The van der Waals surface area contributed by atoms with Crippen molar-refractivity contribution < 1.29 is 4.79 Å². The lowest BCUT2D eigenvalue weighted by atomic mass is 10.0. The van der Waals surface area contributed by atoms with Gasteiger partial charge in [0.25, 0.3) is 0 Å². The second-order valence-corrected chi connectivity index (χ2v) is 4.67. The highest BCUT2D eigenvalue weighted by Gasteiger charge is 2.14. The molecule has 1 aromatic carbocycles. The number of nitrogens with zero attached hydrogens (tertiary/aromatic N) is 2. The van der Waals surface area contributed by atoms with Crippen molar-refractivity contribution in [3.63, 3.8) is 0 Å². The van der Waals surface area contributed by atoms with Crippen LogP contribution in [-0.2, 0) is 0 Å². The Kier molecular flexibility index (Phi) is 3.18. The van der Waals surface area contributed by atoms with Crippen LogP contribution < -0.4 is 0 Å². The summed E-state index contributed by atoms with van der Waals surface area (Å²) in [7, 11) is 2.00. The van der Waals surface area contributed by atoms with Crippen LogP contribution >= 0.6 is 0 Å². The molecule has 17 heavy (non-hydrogen) atoms. The molecule has 0 radical (unpaired) electrons. The third-order valence-electron chi connectivity index (χ3n) is 3.11. The Bertz CT molecular complexity index is 465. The fourth-order valence-electron chi connectivity index (χ4n) is 1.88. The average molecular weight is 230 g/mol. The molecule has 0 fully saturated rings. The zero-order valence-corrected chi connectivity index (χ0v) is 10.6. The lowest BCUT2D eigenvalue weighted by Crippen LogP contribution is -2.28. The normalized spacial score (nSPS) is 14.5. The summed E-state index contributed by atoms with van der Waals surface area (Å²) in [6, 6.07) is 5.89. The second kappa shape index (κ2) is 4.62. The standard InChI is InChI=1S/C14H18N2O/c1-11-4-5-13(8-12(11)2)14(17)9-16-7-6-15(3)10-16/h4-8H,9-10H2,1-3H3. The molecule has 0 amide bonds. The number of carbonyl (C=O) groups is 1. The lowest BCUT2D eigenvalue weighted by molar-refractivity contribution is 0.0948. The predicted molar refractivity (Wildman–Crippen MR) is 68.7 cm³/mol. The quantitative estimate of drug-likeness (QED) is 0.743. The third-order valence-corrected chi connectivity index (χ3v) is 3.11. The van der Waals surface area contributed by atoms with Crippen LogP contribution in [0.3, 0.4) is 0 Å². The van der Waals surface area contributed by atoms with Crippen molar-refractivity contribution in [3.8, 4) is 0 Å². The van der Waals surface area contributed by atoms with Gasteiger partial charge >= 0.3 is 0 Å². The van der Waals surface area contributed by atoms with Crippen molar-refractivity contribution in [1.29, 1.82) is 0 Å². The van der Waals surface area contributed by atoms with Crippen molar-refractivity contribution >= 4 is 5.78 Å². The van der Waals surface area contributed by atoms with E-state index in [1.807, 2.05) is 54.4 Å². The van der Waals surface area contributed by atoms with Crippen molar-refractivity contribution in [2.24, 2.45) is 0 Å². The van der Waals surface area contributed by atoms with Crippen LogP contribution in [0.25, 0.3) is 0 Å². The minimum Gasteiger partial charge on any atom is -0.362 e. The summed E-state index contributed by atoms with van der Waals surface area (Å²) >= 11 is 0. The molecule has 0 saturated carbocycles. The predicted octanol–water partition coefficient (Wildman–Crippen LogP) is 2.16. The van der Waals surface area contributed by atoms with Crippen LogP contribution in [0.4, 0.5) is 0 Å². The highest BCUT2D eigenvalue weighted by Crippen LogP contribution is 2.12. The van der Waals surface area contributed by atoms with E-state index in [0.29, 0.717) is 6.54 Å². The molecule has 3 nitrogen and oxygen atoms in total. The van der Waals surface area contributed by atoms with Gasteiger partial charge in [-0.1, -0.05) is 12.1 Å². The Balaban J connectivity index is 2.05. The molecule has 0 aliphatic carbocycles. The average Bonchev–Trinajstić information content (AvgIpc) is 2.68. The first-order valence-corrected chi connectivity index (χ1v) is 5.79. The van der Waals surface area contributed by atoms with Crippen molar-refractivity contribution in [2.75, 3.05) is 20.3 Å². The maximum absolute atomic E-state index is 12.1. The van der Waals surface area contributed by atoms with Crippen LogP contribution in [0.15, 0.2) is 30.6 Å². The van der Waals surface area contributed by atoms with Crippen molar-refractivity contribution in [2.45, 2.75) is 13.8 Å². The molecular weight excluding hydrogens is 212 g/mol. The van der Waals surface area contributed by atoms with Crippen LogP contribution in [-0.4, -0.2) is 35.8 Å². The van der Waals surface area contributed by atoms with E-state index in [-0.39, 0.29) is 5.78 Å². The van der Waals surface area contributed by atoms with Gasteiger partial charge in [0.15, 0.2) is 5.78 Å². The summed E-state index contributed by atoms with van der Waals surface area (Å²) in [5.74, 6) is 0.174. The fourth-order valence-corrected chi connectivity index (χ4v) is 1.88. The van der Waals surface area contributed by atoms with E-state index in [1.165, 1.54) is 11.1 Å². The van der Waals surface area contributed by atoms with Gasteiger partial charge in [-0.05, 0) is 31.0 Å². The van der Waals surface area contributed by atoms with E-state index < -0.39 is 0 Å². The van der Waals surface area contributed by atoms with Crippen LogP contribution in [0.5, 0.6) is 0 Å². The molecule has 1 aromatic rings. The van der Waals surface area contributed by atoms with Gasteiger partial charge in [-0.2, -0.15) is 0 Å². The highest BCUT2D eigenvalue weighted by molar-refractivity contribution is 5.97. The maximum atomic E-state index is 12.1. The highest BCUT2D eigenvalue weighted by atomic mass is 16.1. The molecular formula is C14H18N2O. The zero-order chi connectivity index (χ0) is 12.4. The van der Waals surface area contributed by atoms with E-state index in [1.54, 1.807) is 0 Å². The number of aryl methyl sites for hydroxylation is 2. The first-order chi connectivity index (χ1) is 8.06. The SMILES string of the molecule is Cc1ccc(C(=O)CN2C=CN(C)C2)cc1C. The van der Waals surface area contributed by atoms with Gasteiger partial charge in [0, 0.05) is 25.0 Å². The van der Waals surface area contributed by atoms with E-state index in [9.17, 15) is 4.79 Å². The van der Waals surface area contributed by atoms with Crippen LogP contribution in [0.1, 0.15) is 21.5 Å². The summed E-state index contributed by atoms with van der Waals surface area (Å²) in [6.07, 6.45) is 3.94. The number of ketones is 1. The van der Waals surface area contributed by atoms with Gasteiger partial charge in [0.2, 0.25) is 0 Å². The van der Waals surface area contributed by atoms with Gasteiger partial charge in [0.05, 0.1) is 13.2 Å². The van der Waals surface area contributed by atoms with Crippen LogP contribution in [0.2, 0.25) is 0 Å². The van der Waals surface area contributed by atoms with E-state index in [0.717, 1.165) is 12.2 Å². The van der Waals surface area contributed by atoms with Crippen molar-refractivity contribution in [1.82, 2.24) is 9.80 Å². The second-order valence-electron chi connectivity index (χ2n) is 4.67. The number of hydrogen-bond donors (Lipinski definition) is 0. The molecule has 0 spiro atoms. The molecule has 0 saturated heterocycles. The fraction of sp³-hybridized carbons (Fsp3) is 0.357. The first-order valence-electron chi connectivity index (χ1n) is 5.79. The number of rotatable bonds is 3. The van der Waals surface area contributed by atoms with Gasteiger partial charge in [-0.25, -0.2) is 0 Å². The van der Waals surface area contributed by atoms with Gasteiger partial charge in [-0.3, -0.25) is 4.79 Å². The largest absolute Gasteiger partial charge is 0.362 e. The van der Waals surface area contributed by atoms with Gasteiger partial charge < -0.3 is 9.80 Å². The van der Waals surface area contributed by atoms with Gasteiger partial charge in [-0.15, -0.1) is 0 Å². The molecule has 0 N–H and O–H groups in total. The third kappa shape index (κ3) is 2.67. The van der Waals surface area contributed by atoms with Crippen LogP contribution in [0, 0.1) is 13.8 Å². The maximum Gasteiger partial charge on any atom is 0.182 e. The molecule has 0 bridgehead atoms. The topological polar surface area (TPSA) is 23.6 Å². The van der Waals surface area contributed by atoms with E-state index in [2.05, 4.69) is 6.92 Å². The van der Waals surface area contributed by atoms with Crippen molar-refractivity contribution in [3.05, 3.63) is 47.3 Å². The summed E-state index contributed by atoms with van der Waals surface area (Å²) in [6.45, 7) is 5.33. The summed E-state index contributed by atoms with van der Waals surface area (Å²) in [5, 5.41) is 0. The Morgan fingerprint density at radius 2 is 2.00 bits per heavy atom. The Hall–Kier alpha value is -1.77. The Labute approximate surface area is 102 Å². The molecule has 3 heteroatoms. The smallest absolute Gasteiger partial charge is 0.182 e. The summed E-state index contributed by atoms with van der Waals surface area (Å²) < 4.78 is 0. The lowest BCUT2D eigenvalue weighted by Gasteiger charge is -2.17. The minimum absolute atomic E-state index is 0.174. The molecule has 1 heterocycles. The number of carbonyl (C=O) groups excluding carboxylic acids is 1. The number of hydrogen-bond acceptors (Lipinski definition) is 3. The first kappa shape index (κ1) is 11.7. The van der Waals surface area contributed by atoms with E-state index in [4.69, 9.17) is 0 Å². The molecule has 0 unspecified atom stereocenters. The Morgan fingerprint density at radius 1 is 1.24 bits per heavy atom. The Morgan fingerprint density at radius 3 is 2.59 bits per heavy atom. The molecule has 1 aliphatic rings. The minimum atomic E-state index is 0.174. The molecule has 0 atom stereocenters. The molecule has 0 aromatic heterocycles. The molecule has 90 valence electrons. The van der Waals surface area contributed by atoms with E-state index >= 15 is 0 Å². The summed E-state index contributed by atoms with van der Waals surface area (Å²) in [5.41, 5.74) is 3.20. The molecule has 1 aliphatic heterocycles. The van der Waals surface area contributed by atoms with Gasteiger partial charge in [0.1, 0.15) is 0 Å². The zero-order valence-electron chi connectivity index (χ0n) is 10.6. The summed E-state index contributed by atoms with van der Waals surface area (Å²) in [4.78, 5) is 16.1.